The lowest BCUT2D eigenvalue weighted by Gasteiger charge is -2.45. The van der Waals surface area contributed by atoms with Crippen LogP contribution in [0.25, 0.3) is 0 Å². The SMILES string of the molecule is CCC(C)(C)C(C)(CC(C)(C)C)C(=O)Oc1ccc(/N=N/c2ccccc2)cc1. The maximum Gasteiger partial charge on any atom is 0.317 e. The highest BCUT2D eigenvalue weighted by atomic mass is 16.5. The molecule has 29 heavy (non-hydrogen) atoms. The fraction of sp³-hybridized carbons (Fsp3) is 0.480. The Kier molecular flexibility index (Phi) is 6.99. The van der Waals surface area contributed by atoms with Crippen LogP contribution in [0.2, 0.25) is 0 Å². The van der Waals surface area contributed by atoms with Gasteiger partial charge in [0.1, 0.15) is 5.75 Å². The summed E-state index contributed by atoms with van der Waals surface area (Å²) in [6.07, 6.45) is 1.65. The Morgan fingerprint density at radius 3 is 1.83 bits per heavy atom. The van der Waals surface area contributed by atoms with Crippen molar-refractivity contribution in [1.29, 1.82) is 0 Å². The molecule has 0 aliphatic heterocycles. The van der Waals surface area contributed by atoms with E-state index in [1.165, 1.54) is 0 Å². The maximum atomic E-state index is 13.2. The van der Waals surface area contributed by atoms with Gasteiger partial charge < -0.3 is 4.74 Å². The lowest BCUT2D eigenvalue weighted by Crippen LogP contribution is -2.46. The second-order valence-corrected chi connectivity index (χ2v) is 9.73. The van der Waals surface area contributed by atoms with Gasteiger partial charge in [0.05, 0.1) is 16.8 Å². The molecule has 2 aromatic rings. The predicted octanol–water partition coefficient (Wildman–Crippen LogP) is 7.89. The summed E-state index contributed by atoms with van der Waals surface area (Å²) in [4.78, 5) is 13.2. The van der Waals surface area contributed by atoms with Gasteiger partial charge in [0.25, 0.3) is 0 Å². The van der Waals surface area contributed by atoms with Crippen molar-refractivity contribution in [2.24, 2.45) is 26.5 Å². The van der Waals surface area contributed by atoms with Crippen molar-refractivity contribution in [3.63, 3.8) is 0 Å². The van der Waals surface area contributed by atoms with Gasteiger partial charge in [0, 0.05) is 0 Å². The molecule has 0 heterocycles. The van der Waals surface area contributed by atoms with E-state index in [1.54, 1.807) is 24.3 Å². The van der Waals surface area contributed by atoms with Crippen LogP contribution in [0.1, 0.15) is 61.3 Å². The molecule has 0 bridgehead atoms. The maximum absolute atomic E-state index is 13.2. The van der Waals surface area contributed by atoms with E-state index in [0.717, 1.165) is 18.5 Å². The molecular formula is C25H34N2O2. The topological polar surface area (TPSA) is 51.0 Å². The number of ether oxygens (including phenoxy) is 1. The first-order valence-electron chi connectivity index (χ1n) is 10.3. The van der Waals surface area contributed by atoms with Crippen LogP contribution in [0.5, 0.6) is 5.75 Å². The minimum atomic E-state index is -0.592. The summed E-state index contributed by atoms with van der Waals surface area (Å²) in [5.74, 6) is 0.346. The van der Waals surface area contributed by atoms with E-state index in [-0.39, 0.29) is 16.8 Å². The normalized spacial score (nSPS) is 14.6. The number of carbonyl (C=O) groups is 1. The van der Waals surface area contributed by atoms with Crippen LogP contribution in [0.4, 0.5) is 11.4 Å². The summed E-state index contributed by atoms with van der Waals surface area (Å²) in [6.45, 7) is 14.9. The number of benzene rings is 2. The molecule has 4 nitrogen and oxygen atoms in total. The van der Waals surface area contributed by atoms with Crippen molar-refractivity contribution in [2.45, 2.75) is 61.3 Å². The van der Waals surface area contributed by atoms with Crippen molar-refractivity contribution in [3.05, 3.63) is 54.6 Å². The van der Waals surface area contributed by atoms with Gasteiger partial charge in [-0.15, -0.1) is 0 Å². The number of esters is 1. The number of azo groups is 1. The molecule has 2 rings (SSSR count). The van der Waals surface area contributed by atoms with E-state index in [4.69, 9.17) is 4.74 Å². The summed E-state index contributed by atoms with van der Waals surface area (Å²) in [6, 6.07) is 16.7. The summed E-state index contributed by atoms with van der Waals surface area (Å²) in [5, 5.41) is 8.44. The average Bonchev–Trinajstić information content (AvgIpc) is 2.66. The van der Waals surface area contributed by atoms with Crippen LogP contribution >= 0.6 is 0 Å². The number of rotatable bonds is 7. The number of carbonyl (C=O) groups excluding carboxylic acids is 1. The van der Waals surface area contributed by atoms with Gasteiger partial charge in [-0.2, -0.15) is 10.2 Å². The van der Waals surface area contributed by atoms with Gasteiger partial charge in [-0.05, 0) is 67.0 Å². The van der Waals surface area contributed by atoms with Crippen molar-refractivity contribution in [3.8, 4) is 5.75 Å². The third-order valence-corrected chi connectivity index (χ3v) is 5.80. The highest BCUT2D eigenvalue weighted by Crippen LogP contribution is 2.49. The largest absolute Gasteiger partial charge is 0.426 e. The van der Waals surface area contributed by atoms with Crippen LogP contribution in [0.3, 0.4) is 0 Å². The summed E-state index contributed by atoms with van der Waals surface area (Å²) in [7, 11) is 0. The highest BCUT2D eigenvalue weighted by Gasteiger charge is 2.49. The molecule has 0 saturated carbocycles. The second-order valence-electron chi connectivity index (χ2n) is 9.73. The third kappa shape index (κ3) is 5.99. The van der Waals surface area contributed by atoms with Gasteiger partial charge in [-0.3, -0.25) is 4.79 Å². The van der Waals surface area contributed by atoms with Crippen molar-refractivity contribution < 1.29 is 9.53 Å². The molecule has 0 aliphatic rings. The van der Waals surface area contributed by atoms with Gasteiger partial charge in [-0.25, -0.2) is 0 Å². The van der Waals surface area contributed by atoms with E-state index in [9.17, 15) is 4.79 Å². The summed E-state index contributed by atoms with van der Waals surface area (Å²) >= 11 is 0. The lowest BCUT2D eigenvalue weighted by molar-refractivity contribution is -0.155. The van der Waals surface area contributed by atoms with Gasteiger partial charge in [0.15, 0.2) is 0 Å². The minimum Gasteiger partial charge on any atom is -0.426 e. The molecule has 0 amide bonds. The fourth-order valence-electron chi connectivity index (χ4n) is 3.45. The van der Waals surface area contributed by atoms with Crippen LogP contribution in [-0.2, 0) is 4.79 Å². The monoisotopic (exact) mass is 394 g/mol. The molecule has 156 valence electrons. The Labute approximate surface area is 175 Å². The molecule has 0 spiro atoms. The lowest BCUT2D eigenvalue weighted by atomic mass is 9.59. The number of hydrogen-bond donors (Lipinski definition) is 0. The quantitative estimate of drug-likeness (QED) is 0.272. The molecule has 2 aromatic carbocycles. The van der Waals surface area contributed by atoms with Crippen molar-refractivity contribution in [1.82, 2.24) is 0 Å². The molecule has 4 heteroatoms. The van der Waals surface area contributed by atoms with Crippen LogP contribution in [0.15, 0.2) is 64.8 Å². The van der Waals surface area contributed by atoms with Crippen molar-refractivity contribution in [2.75, 3.05) is 0 Å². The average molecular weight is 395 g/mol. The molecule has 0 aromatic heterocycles. The van der Waals surface area contributed by atoms with E-state index >= 15 is 0 Å². The molecule has 0 N–H and O–H groups in total. The Hall–Kier alpha value is -2.49. The zero-order valence-corrected chi connectivity index (χ0v) is 18.8. The Morgan fingerprint density at radius 1 is 0.828 bits per heavy atom. The summed E-state index contributed by atoms with van der Waals surface area (Å²) < 4.78 is 5.82. The first kappa shape index (κ1) is 22.8. The Morgan fingerprint density at radius 2 is 1.34 bits per heavy atom. The van der Waals surface area contributed by atoms with E-state index in [2.05, 4.69) is 51.8 Å². The molecule has 0 radical (unpaired) electrons. The zero-order valence-electron chi connectivity index (χ0n) is 18.8. The van der Waals surface area contributed by atoms with E-state index in [0.29, 0.717) is 11.4 Å². The first-order chi connectivity index (χ1) is 13.5. The first-order valence-corrected chi connectivity index (χ1v) is 10.3. The smallest absolute Gasteiger partial charge is 0.317 e. The van der Waals surface area contributed by atoms with E-state index in [1.807, 2.05) is 37.3 Å². The van der Waals surface area contributed by atoms with Crippen molar-refractivity contribution >= 4 is 17.3 Å². The molecule has 1 atom stereocenters. The summed E-state index contributed by atoms with van der Waals surface area (Å²) in [5.41, 5.74) is 0.747. The standard InChI is InChI=1S/C25H34N2O2/c1-8-24(5,6)25(7,18-23(2,3)4)22(28)29-21-16-14-20(15-17-21)27-26-19-12-10-9-11-13-19/h9-17H,8,18H2,1-7H3/b27-26+. The minimum absolute atomic E-state index is 0.0158. The number of nitrogens with zero attached hydrogens (tertiary/aromatic N) is 2. The Balaban J connectivity index is 2.16. The second kappa shape index (κ2) is 8.89. The molecule has 1 unspecified atom stereocenters. The molecule has 0 aliphatic carbocycles. The van der Waals surface area contributed by atoms with Crippen LogP contribution in [0, 0.1) is 16.2 Å². The van der Waals surface area contributed by atoms with Gasteiger partial charge >= 0.3 is 5.97 Å². The Bertz CT molecular complexity index is 833. The fourth-order valence-corrected chi connectivity index (χ4v) is 3.45. The molecular weight excluding hydrogens is 360 g/mol. The van der Waals surface area contributed by atoms with E-state index < -0.39 is 5.41 Å². The van der Waals surface area contributed by atoms with Gasteiger partial charge in [-0.1, -0.05) is 59.7 Å². The third-order valence-electron chi connectivity index (χ3n) is 5.80. The predicted molar refractivity (Wildman–Crippen MR) is 119 cm³/mol. The van der Waals surface area contributed by atoms with Gasteiger partial charge in [0.2, 0.25) is 0 Å². The van der Waals surface area contributed by atoms with Crippen LogP contribution in [-0.4, -0.2) is 5.97 Å². The highest BCUT2D eigenvalue weighted by molar-refractivity contribution is 5.80. The van der Waals surface area contributed by atoms with Crippen LogP contribution < -0.4 is 4.74 Å². The molecule has 0 saturated heterocycles. The zero-order chi connectivity index (χ0) is 21.7. The number of hydrogen-bond acceptors (Lipinski definition) is 4. The molecule has 0 fully saturated rings.